The maximum atomic E-state index is 6.33. The monoisotopic (exact) mass is 405 g/mol. The van der Waals surface area contributed by atoms with Crippen LogP contribution in [0.5, 0.6) is 0 Å². The van der Waals surface area contributed by atoms with Crippen molar-refractivity contribution in [1.29, 1.82) is 0 Å². The van der Waals surface area contributed by atoms with Gasteiger partial charge in [0.15, 0.2) is 0 Å². The molecule has 0 aromatic carbocycles. The number of hydrogen-bond donors (Lipinski definition) is 1. The predicted molar refractivity (Wildman–Crippen MR) is 87.6 cm³/mol. The third-order valence-corrected chi connectivity index (χ3v) is 5.47. The Hall–Kier alpha value is -0.170. The van der Waals surface area contributed by atoms with E-state index in [9.17, 15) is 0 Å². The zero-order valence-electron chi connectivity index (χ0n) is 11.0. The van der Waals surface area contributed by atoms with Crippen LogP contribution in [-0.2, 0) is 19.4 Å². The molecule has 3 nitrogen and oxygen atoms in total. The second-order valence-corrected chi connectivity index (χ2v) is 8.14. The van der Waals surface area contributed by atoms with Gasteiger partial charge in [-0.1, -0.05) is 6.92 Å². The highest BCUT2D eigenvalue weighted by Gasteiger charge is 2.16. The van der Waals surface area contributed by atoms with Crippen LogP contribution in [0, 0.1) is 0 Å². The molecule has 0 aliphatic heterocycles. The van der Waals surface area contributed by atoms with Crippen LogP contribution in [0.15, 0.2) is 19.7 Å². The minimum Gasteiger partial charge on any atom is -0.324 e. The fourth-order valence-electron chi connectivity index (χ4n) is 2.07. The summed E-state index contributed by atoms with van der Waals surface area (Å²) in [5, 5.41) is 4.56. The van der Waals surface area contributed by atoms with Crippen LogP contribution in [0.1, 0.15) is 36.8 Å². The van der Waals surface area contributed by atoms with E-state index in [1.807, 2.05) is 4.68 Å². The molecule has 0 fully saturated rings. The van der Waals surface area contributed by atoms with Crippen molar-refractivity contribution in [3.8, 4) is 0 Å². The molecule has 0 radical (unpaired) electrons. The van der Waals surface area contributed by atoms with Crippen molar-refractivity contribution in [2.24, 2.45) is 5.73 Å². The molecular formula is C13H17Br2N3S. The minimum absolute atomic E-state index is 0.0105. The molecule has 0 amide bonds. The van der Waals surface area contributed by atoms with Crippen LogP contribution >= 0.6 is 43.2 Å². The molecule has 2 heterocycles. The van der Waals surface area contributed by atoms with E-state index in [1.165, 1.54) is 5.69 Å². The lowest BCUT2D eigenvalue weighted by Gasteiger charge is -2.11. The van der Waals surface area contributed by atoms with E-state index in [0.29, 0.717) is 0 Å². The number of hydrogen-bond acceptors (Lipinski definition) is 3. The van der Waals surface area contributed by atoms with E-state index in [2.05, 4.69) is 62.9 Å². The molecule has 0 saturated heterocycles. The van der Waals surface area contributed by atoms with Gasteiger partial charge in [0.25, 0.3) is 0 Å². The molecule has 0 saturated carbocycles. The van der Waals surface area contributed by atoms with Gasteiger partial charge in [-0.15, -0.1) is 11.3 Å². The quantitative estimate of drug-likeness (QED) is 0.804. The highest BCUT2D eigenvalue weighted by molar-refractivity contribution is 9.12. The van der Waals surface area contributed by atoms with Crippen molar-refractivity contribution in [3.63, 3.8) is 0 Å². The second-order valence-electron chi connectivity index (χ2n) is 4.39. The Morgan fingerprint density at radius 1 is 1.37 bits per heavy atom. The van der Waals surface area contributed by atoms with Crippen LogP contribution in [0.25, 0.3) is 0 Å². The number of rotatable bonds is 5. The summed E-state index contributed by atoms with van der Waals surface area (Å²) < 4.78 is 4.25. The Balaban J connectivity index is 2.20. The molecule has 0 bridgehead atoms. The maximum absolute atomic E-state index is 6.33. The Kier molecular flexibility index (Phi) is 5.22. The number of aromatic nitrogens is 2. The highest BCUT2D eigenvalue weighted by Crippen LogP contribution is 2.35. The number of aryl methyl sites for hydroxylation is 2. The van der Waals surface area contributed by atoms with Crippen LogP contribution in [0.4, 0.5) is 0 Å². The summed E-state index contributed by atoms with van der Waals surface area (Å²) in [7, 11) is 0. The smallest absolute Gasteiger partial charge is 0.0758 e. The van der Waals surface area contributed by atoms with Crippen molar-refractivity contribution < 1.29 is 0 Å². The van der Waals surface area contributed by atoms with Gasteiger partial charge >= 0.3 is 0 Å². The van der Waals surface area contributed by atoms with Crippen LogP contribution in [0.2, 0.25) is 0 Å². The van der Waals surface area contributed by atoms with Crippen LogP contribution < -0.4 is 5.73 Å². The molecule has 2 rings (SSSR count). The van der Waals surface area contributed by atoms with E-state index >= 15 is 0 Å². The average Bonchev–Trinajstić information content (AvgIpc) is 2.92. The SMILES string of the molecule is CCc1cc(CC(N)c2cc(Br)sc2Br)n(CC)n1. The highest BCUT2D eigenvalue weighted by atomic mass is 79.9. The summed E-state index contributed by atoms with van der Waals surface area (Å²) >= 11 is 8.73. The summed E-state index contributed by atoms with van der Waals surface area (Å²) in [6, 6.07) is 4.24. The zero-order chi connectivity index (χ0) is 14.0. The standard InChI is InChI=1S/C13H17Br2N3S/c1-3-8-5-9(18(4-2)17-8)6-11(16)10-7-12(14)19-13(10)15/h5,7,11H,3-4,6,16H2,1-2H3. The predicted octanol–water partition coefficient (Wildman–Crippen LogP) is 4.29. The zero-order valence-corrected chi connectivity index (χ0v) is 15.0. The Bertz CT molecular complexity index is 562. The molecule has 2 aromatic heterocycles. The van der Waals surface area contributed by atoms with Crippen molar-refractivity contribution in [2.75, 3.05) is 0 Å². The summed E-state index contributed by atoms with van der Waals surface area (Å²) in [6.45, 7) is 5.12. The Morgan fingerprint density at radius 2 is 2.11 bits per heavy atom. The Labute approximate surface area is 134 Å². The normalized spacial score (nSPS) is 12.9. The lowest BCUT2D eigenvalue weighted by molar-refractivity contribution is 0.585. The molecule has 2 aromatic rings. The maximum Gasteiger partial charge on any atom is 0.0758 e. The molecule has 1 atom stereocenters. The fourth-order valence-corrected chi connectivity index (χ4v) is 5.07. The molecule has 0 spiro atoms. The van der Waals surface area contributed by atoms with Crippen molar-refractivity contribution in [1.82, 2.24) is 9.78 Å². The van der Waals surface area contributed by atoms with E-state index < -0.39 is 0 Å². The molecule has 0 aliphatic carbocycles. The summed E-state index contributed by atoms with van der Waals surface area (Å²) in [5.41, 5.74) is 9.83. The lowest BCUT2D eigenvalue weighted by Crippen LogP contribution is -2.15. The molecule has 104 valence electrons. The van der Waals surface area contributed by atoms with Gasteiger partial charge in [0.2, 0.25) is 0 Å². The van der Waals surface area contributed by atoms with Gasteiger partial charge in [0.05, 0.1) is 13.3 Å². The Morgan fingerprint density at radius 3 is 2.63 bits per heavy atom. The lowest BCUT2D eigenvalue weighted by atomic mass is 10.1. The molecule has 1 unspecified atom stereocenters. The molecule has 2 N–H and O–H groups in total. The van der Waals surface area contributed by atoms with E-state index in [1.54, 1.807) is 11.3 Å². The minimum atomic E-state index is -0.0105. The first-order valence-electron chi connectivity index (χ1n) is 6.31. The van der Waals surface area contributed by atoms with Gasteiger partial charge in [-0.05, 0) is 62.9 Å². The number of nitrogens with two attached hydrogens (primary N) is 1. The van der Waals surface area contributed by atoms with E-state index in [0.717, 1.165) is 38.2 Å². The van der Waals surface area contributed by atoms with Crippen molar-refractivity contribution in [2.45, 2.75) is 39.3 Å². The second kappa shape index (κ2) is 6.52. The first-order valence-corrected chi connectivity index (χ1v) is 8.71. The number of halogens is 2. The largest absolute Gasteiger partial charge is 0.324 e. The van der Waals surface area contributed by atoms with Crippen molar-refractivity contribution in [3.05, 3.63) is 36.7 Å². The summed E-state index contributed by atoms with van der Waals surface area (Å²) in [6.07, 6.45) is 1.77. The fraction of sp³-hybridized carbons (Fsp3) is 0.462. The first kappa shape index (κ1) is 15.2. The van der Waals surface area contributed by atoms with Gasteiger partial charge in [0, 0.05) is 24.7 Å². The van der Waals surface area contributed by atoms with E-state index in [-0.39, 0.29) is 6.04 Å². The summed E-state index contributed by atoms with van der Waals surface area (Å²) in [4.78, 5) is 0. The first-order chi connectivity index (χ1) is 9.05. The third-order valence-electron chi connectivity index (χ3n) is 3.09. The molecular weight excluding hydrogens is 390 g/mol. The van der Waals surface area contributed by atoms with Gasteiger partial charge < -0.3 is 5.73 Å². The van der Waals surface area contributed by atoms with Gasteiger partial charge in [-0.2, -0.15) is 5.10 Å². The average molecular weight is 407 g/mol. The van der Waals surface area contributed by atoms with E-state index in [4.69, 9.17) is 5.73 Å². The van der Waals surface area contributed by atoms with Gasteiger partial charge in [-0.3, -0.25) is 4.68 Å². The number of thiophene rings is 1. The topological polar surface area (TPSA) is 43.8 Å². The number of nitrogens with zero attached hydrogens (tertiary/aromatic N) is 2. The third kappa shape index (κ3) is 3.48. The van der Waals surface area contributed by atoms with Gasteiger partial charge in [-0.25, -0.2) is 0 Å². The van der Waals surface area contributed by atoms with Crippen LogP contribution in [0.3, 0.4) is 0 Å². The molecule has 0 aliphatic rings. The van der Waals surface area contributed by atoms with Gasteiger partial charge in [0.1, 0.15) is 0 Å². The van der Waals surface area contributed by atoms with Crippen molar-refractivity contribution >= 4 is 43.2 Å². The summed E-state index contributed by atoms with van der Waals surface area (Å²) in [5.74, 6) is 0. The molecule has 19 heavy (non-hydrogen) atoms. The van der Waals surface area contributed by atoms with Crippen LogP contribution in [-0.4, -0.2) is 9.78 Å². The molecule has 6 heteroatoms.